The number of esters is 1. The minimum Gasteiger partial charge on any atom is -0.469 e. The molecule has 0 aromatic carbocycles. The summed E-state index contributed by atoms with van der Waals surface area (Å²) in [6, 6.07) is 4.20. The fourth-order valence-electron chi connectivity index (χ4n) is 2.65. The number of aromatic nitrogens is 1. The number of hydrogen-bond donors (Lipinski definition) is 0. The predicted octanol–water partition coefficient (Wildman–Crippen LogP) is 2.92. The Morgan fingerprint density at radius 2 is 1.94 bits per heavy atom. The van der Waals surface area contributed by atoms with E-state index in [1.807, 2.05) is 12.4 Å². The molecule has 1 saturated carbocycles. The Hall–Kier alpha value is -1.38. The van der Waals surface area contributed by atoms with Gasteiger partial charge in [-0.3, -0.25) is 9.78 Å². The zero-order chi connectivity index (χ0) is 12.1. The summed E-state index contributed by atoms with van der Waals surface area (Å²) in [5.74, 6) is 1.09. The van der Waals surface area contributed by atoms with Crippen molar-refractivity contribution in [2.75, 3.05) is 7.11 Å². The average Bonchev–Trinajstić information content (AvgIpc) is 2.40. The third-order valence-corrected chi connectivity index (χ3v) is 3.71. The maximum atomic E-state index is 11.2. The molecule has 92 valence electrons. The Morgan fingerprint density at radius 3 is 2.53 bits per heavy atom. The number of carbonyl (C=O) groups excluding carboxylic acids is 1. The number of ether oxygens (including phenoxy) is 1. The predicted molar refractivity (Wildman–Crippen MR) is 65.6 cm³/mol. The number of methoxy groups -OCH3 is 1. The molecule has 1 aromatic heterocycles. The number of carbonyl (C=O) groups is 1. The van der Waals surface area contributed by atoms with Crippen molar-refractivity contribution in [3.63, 3.8) is 0 Å². The summed E-state index contributed by atoms with van der Waals surface area (Å²) in [6.07, 6.45) is 8.90. The van der Waals surface area contributed by atoms with Gasteiger partial charge in [-0.2, -0.15) is 0 Å². The summed E-state index contributed by atoms with van der Waals surface area (Å²) < 4.78 is 4.72. The Balaban J connectivity index is 1.84. The largest absolute Gasteiger partial charge is 0.469 e. The van der Waals surface area contributed by atoms with Gasteiger partial charge in [0, 0.05) is 18.8 Å². The van der Waals surface area contributed by atoms with E-state index in [4.69, 9.17) is 4.74 Å². The van der Waals surface area contributed by atoms with Crippen LogP contribution in [0.25, 0.3) is 0 Å². The molecule has 1 aliphatic rings. The molecule has 3 heteroatoms. The monoisotopic (exact) mass is 233 g/mol. The lowest BCUT2D eigenvalue weighted by Gasteiger charge is -2.28. The van der Waals surface area contributed by atoms with E-state index in [9.17, 15) is 4.79 Å². The van der Waals surface area contributed by atoms with Crippen LogP contribution in [0, 0.1) is 5.92 Å². The first-order chi connectivity index (χ1) is 8.29. The topological polar surface area (TPSA) is 39.2 Å². The van der Waals surface area contributed by atoms with Crippen molar-refractivity contribution >= 4 is 5.97 Å². The number of rotatable bonds is 3. The van der Waals surface area contributed by atoms with Crippen LogP contribution in [0.1, 0.15) is 43.6 Å². The Kier molecular flexibility index (Phi) is 4.13. The van der Waals surface area contributed by atoms with E-state index in [0.29, 0.717) is 18.3 Å². The van der Waals surface area contributed by atoms with Crippen LogP contribution in [0.5, 0.6) is 0 Å². The fraction of sp³-hybridized carbons (Fsp3) is 0.571. The third kappa shape index (κ3) is 3.29. The maximum absolute atomic E-state index is 11.2. The van der Waals surface area contributed by atoms with Crippen LogP contribution in [-0.2, 0) is 9.53 Å². The molecule has 1 heterocycles. The summed E-state index contributed by atoms with van der Waals surface area (Å²) in [7, 11) is 1.46. The van der Waals surface area contributed by atoms with Crippen molar-refractivity contribution in [1.82, 2.24) is 4.98 Å². The summed E-state index contributed by atoms with van der Waals surface area (Å²) >= 11 is 0. The molecule has 1 aromatic rings. The van der Waals surface area contributed by atoms with E-state index in [1.165, 1.54) is 25.5 Å². The Bertz CT molecular complexity index is 356. The molecule has 0 radical (unpaired) electrons. The summed E-state index contributed by atoms with van der Waals surface area (Å²) in [4.78, 5) is 15.2. The van der Waals surface area contributed by atoms with Gasteiger partial charge in [-0.1, -0.05) is 0 Å². The van der Waals surface area contributed by atoms with Gasteiger partial charge in [0.25, 0.3) is 0 Å². The van der Waals surface area contributed by atoms with E-state index in [-0.39, 0.29) is 5.97 Å². The van der Waals surface area contributed by atoms with E-state index in [0.717, 1.165) is 12.8 Å². The zero-order valence-electron chi connectivity index (χ0n) is 10.3. The lowest BCUT2D eigenvalue weighted by molar-refractivity contribution is -0.142. The van der Waals surface area contributed by atoms with E-state index in [1.54, 1.807) is 0 Å². The molecule has 1 fully saturated rings. The molecular formula is C14H19NO2. The molecule has 3 nitrogen and oxygen atoms in total. The van der Waals surface area contributed by atoms with Gasteiger partial charge in [0.15, 0.2) is 0 Å². The highest BCUT2D eigenvalue weighted by Crippen LogP contribution is 2.36. The highest BCUT2D eigenvalue weighted by Gasteiger charge is 2.24. The zero-order valence-corrected chi connectivity index (χ0v) is 10.3. The fourth-order valence-corrected chi connectivity index (χ4v) is 2.65. The van der Waals surface area contributed by atoms with Crippen molar-refractivity contribution in [3.05, 3.63) is 30.1 Å². The molecule has 0 saturated heterocycles. The van der Waals surface area contributed by atoms with Crippen LogP contribution in [0.2, 0.25) is 0 Å². The molecular weight excluding hydrogens is 214 g/mol. The van der Waals surface area contributed by atoms with E-state index >= 15 is 0 Å². The van der Waals surface area contributed by atoms with Gasteiger partial charge in [0.05, 0.1) is 7.11 Å². The molecule has 0 spiro atoms. The second-order valence-corrected chi connectivity index (χ2v) is 4.78. The van der Waals surface area contributed by atoms with E-state index in [2.05, 4.69) is 17.1 Å². The Labute approximate surface area is 102 Å². The minimum atomic E-state index is -0.0719. The molecule has 0 N–H and O–H groups in total. The van der Waals surface area contributed by atoms with Crippen LogP contribution < -0.4 is 0 Å². The maximum Gasteiger partial charge on any atom is 0.305 e. The first kappa shape index (κ1) is 12.1. The van der Waals surface area contributed by atoms with Gasteiger partial charge in [-0.05, 0) is 55.2 Å². The van der Waals surface area contributed by atoms with Crippen molar-refractivity contribution < 1.29 is 9.53 Å². The lowest BCUT2D eigenvalue weighted by Crippen LogP contribution is -2.17. The highest BCUT2D eigenvalue weighted by molar-refractivity contribution is 5.69. The van der Waals surface area contributed by atoms with Crippen LogP contribution in [0.15, 0.2) is 24.5 Å². The van der Waals surface area contributed by atoms with Gasteiger partial charge in [0.1, 0.15) is 0 Å². The summed E-state index contributed by atoms with van der Waals surface area (Å²) in [5, 5.41) is 0. The average molecular weight is 233 g/mol. The highest BCUT2D eigenvalue weighted by atomic mass is 16.5. The van der Waals surface area contributed by atoms with Crippen LogP contribution in [0.4, 0.5) is 0 Å². The summed E-state index contributed by atoms with van der Waals surface area (Å²) in [6.45, 7) is 0. The molecule has 0 atom stereocenters. The summed E-state index contributed by atoms with van der Waals surface area (Å²) in [5.41, 5.74) is 1.39. The van der Waals surface area contributed by atoms with Crippen molar-refractivity contribution in [3.8, 4) is 0 Å². The van der Waals surface area contributed by atoms with Crippen LogP contribution in [0.3, 0.4) is 0 Å². The van der Waals surface area contributed by atoms with Crippen LogP contribution in [-0.4, -0.2) is 18.1 Å². The second kappa shape index (κ2) is 5.80. The number of pyridine rings is 1. The van der Waals surface area contributed by atoms with Gasteiger partial charge in [-0.15, -0.1) is 0 Å². The van der Waals surface area contributed by atoms with E-state index < -0.39 is 0 Å². The smallest absolute Gasteiger partial charge is 0.305 e. The number of hydrogen-bond acceptors (Lipinski definition) is 3. The van der Waals surface area contributed by atoms with Crippen molar-refractivity contribution in [2.24, 2.45) is 5.92 Å². The molecule has 1 aliphatic carbocycles. The first-order valence-electron chi connectivity index (χ1n) is 6.26. The van der Waals surface area contributed by atoms with Gasteiger partial charge < -0.3 is 4.74 Å². The van der Waals surface area contributed by atoms with Crippen molar-refractivity contribution in [1.29, 1.82) is 0 Å². The molecule has 0 unspecified atom stereocenters. The quantitative estimate of drug-likeness (QED) is 0.753. The van der Waals surface area contributed by atoms with Gasteiger partial charge in [-0.25, -0.2) is 0 Å². The molecule has 0 amide bonds. The second-order valence-electron chi connectivity index (χ2n) is 4.78. The minimum absolute atomic E-state index is 0.0719. The van der Waals surface area contributed by atoms with Crippen molar-refractivity contribution in [2.45, 2.75) is 38.0 Å². The molecule has 2 rings (SSSR count). The number of nitrogens with zero attached hydrogens (tertiary/aromatic N) is 1. The Morgan fingerprint density at radius 1 is 1.29 bits per heavy atom. The third-order valence-electron chi connectivity index (χ3n) is 3.71. The van der Waals surface area contributed by atoms with Crippen LogP contribution >= 0.6 is 0 Å². The molecule has 0 bridgehead atoms. The van der Waals surface area contributed by atoms with Gasteiger partial charge in [0.2, 0.25) is 0 Å². The van der Waals surface area contributed by atoms with Gasteiger partial charge >= 0.3 is 5.97 Å². The SMILES string of the molecule is COC(=O)CC1CCC(c2ccncc2)CC1. The normalized spacial score (nSPS) is 24.3. The lowest BCUT2D eigenvalue weighted by atomic mass is 9.78. The molecule has 17 heavy (non-hydrogen) atoms. The molecule has 0 aliphatic heterocycles. The first-order valence-corrected chi connectivity index (χ1v) is 6.26. The standard InChI is InChI=1S/C14H19NO2/c1-17-14(16)10-11-2-4-12(5-3-11)13-6-8-15-9-7-13/h6-9,11-12H,2-5,10H2,1H3.